The average Bonchev–Trinajstić information content (AvgIpc) is 2.08. The van der Waals surface area contributed by atoms with Crippen molar-refractivity contribution in [2.24, 2.45) is 5.73 Å². The van der Waals surface area contributed by atoms with Gasteiger partial charge in [-0.15, -0.1) is 0 Å². The van der Waals surface area contributed by atoms with E-state index >= 15 is 0 Å². The van der Waals surface area contributed by atoms with Crippen molar-refractivity contribution in [1.29, 1.82) is 5.26 Å². The molecule has 0 aromatic heterocycles. The van der Waals surface area contributed by atoms with E-state index in [0.717, 1.165) is 37.4 Å². The summed E-state index contributed by atoms with van der Waals surface area (Å²) in [6, 6.07) is 0. The van der Waals surface area contributed by atoms with E-state index in [2.05, 4.69) is 5.40 Å². The largest absolute Gasteiger partial charge is 0.325 e. The second-order valence-electron chi connectivity index (χ2n) is 4.15. The Morgan fingerprint density at radius 2 is 2.00 bits per heavy atom. The molecular weight excluding hydrogens is 184 g/mol. The standard InChI is InChI=1S/C9H12N2OS/c10-6-13-9-3-1-8(11,2-4-9)5-7(9)12/h1-5,11H2. The lowest BCUT2D eigenvalue weighted by Gasteiger charge is -2.48. The van der Waals surface area contributed by atoms with E-state index in [0.29, 0.717) is 6.42 Å². The zero-order valence-corrected chi connectivity index (χ0v) is 8.19. The molecule has 3 aliphatic rings. The quantitative estimate of drug-likeness (QED) is 0.639. The van der Waals surface area contributed by atoms with Crippen molar-refractivity contribution in [1.82, 2.24) is 0 Å². The Morgan fingerprint density at radius 1 is 1.38 bits per heavy atom. The smallest absolute Gasteiger partial charge is 0.151 e. The van der Waals surface area contributed by atoms with Crippen LogP contribution in [0.5, 0.6) is 0 Å². The van der Waals surface area contributed by atoms with Crippen LogP contribution in [-0.2, 0) is 4.79 Å². The van der Waals surface area contributed by atoms with Gasteiger partial charge < -0.3 is 5.73 Å². The number of thioether (sulfide) groups is 1. The maximum atomic E-state index is 11.7. The van der Waals surface area contributed by atoms with Crippen molar-refractivity contribution in [3.8, 4) is 5.40 Å². The van der Waals surface area contributed by atoms with Crippen LogP contribution in [0.1, 0.15) is 32.1 Å². The molecule has 0 unspecified atom stereocenters. The van der Waals surface area contributed by atoms with E-state index in [4.69, 9.17) is 11.0 Å². The lowest BCUT2D eigenvalue weighted by atomic mass is 9.65. The van der Waals surface area contributed by atoms with Crippen LogP contribution in [0.25, 0.3) is 0 Å². The molecule has 3 rings (SSSR count). The number of nitrogens with two attached hydrogens (primary N) is 1. The van der Waals surface area contributed by atoms with Crippen LogP contribution in [0, 0.1) is 10.7 Å². The van der Waals surface area contributed by atoms with E-state index in [-0.39, 0.29) is 11.3 Å². The minimum atomic E-state index is -0.393. The normalized spacial score (nSPS) is 43.2. The highest BCUT2D eigenvalue weighted by molar-refractivity contribution is 8.05. The number of hydrogen-bond acceptors (Lipinski definition) is 4. The number of thiocyanates is 1. The van der Waals surface area contributed by atoms with Gasteiger partial charge in [0.05, 0.1) is 4.75 Å². The molecule has 0 heterocycles. The lowest BCUT2D eigenvalue weighted by Crippen LogP contribution is -2.58. The lowest BCUT2D eigenvalue weighted by molar-refractivity contribution is -0.127. The van der Waals surface area contributed by atoms with E-state index < -0.39 is 4.75 Å². The number of carbonyl (C=O) groups excluding carboxylic acids is 1. The minimum absolute atomic E-state index is 0.194. The van der Waals surface area contributed by atoms with E-state index in [1.54, 1.807) is 0 Å². The molecule has 0 radical (unpaired) electrons. The fraction of sp³-hybridized carbons (Fsp3) is 0.778. The van der Waals surface area contributed by atoms with E-state index in [9.17, 15) is 4.79 Å². The second kappa shape index (κ2) is 2.73. The second-order valence-corrected chi connectivity index (χ2v) is 5.32. The number of nitrogens with zero attached hydrogens (tertiary/aromatic N) is 1. The van der Waals surface area contributed by atoms with Gasteiger partial charge in [0.2, 0.25) is 0 Å². The number of fused-ring (bicyclic) bond motifs is 3. The molecule has 0 aliphatic heterocycles. The van der Waals surface area contributed by atoms with Gasteiger partial charge >= 0.3 is 0 Å². The molecule has 0 amide bonds. The van der Waals surface area contributed by atoms with Gasteiger partial charge in [-0.3, -0.25) is 4.79 Å². The molecule has 4 heteroatoms. The Morgan fingerprint density at radius 3 is 2.46 bits per heavy atom. The van der Waals surface area contributed by atoms with Crippen LogP contribution in [0.3, 0.4) is 0 Å². The highest BCUT2D eigenvalue weighted by atomic mass is 32.2. The fourth-order valence-corrected chi connectivity index (χ4v) is 3.10. The summed E-state index contributed by atoms with van der Waals surface area (Å²) in [5.74, 6) is 0.194. The number of nitriles is 1. The summed E-state index contributed by atoms with van der Waals surface area (Å²) in [7, 11) is 0. The maximum Gasteiger partial charge on any atom is 0.151 e. The van der Waals surface area contributed by atoms with Crippen LogP contribution < -0.4 is 5.73 Å². The highest BCUT2D eigenvalue weighted by Gasteiger charge is 2.53. The summed E-state index contributed by atoms with van der Waals surface area (Å²) in [5.41, 5.74) is 5.79. The molecule has 0 spiro atoms. The van der Waals surface area contributed by atoms with Gasteiger partial charge in [0.25, 0.3) is 0 Å². The molecule has 0 atom stereocenters. The zero-order valence-electron chi connectivity index (χ0n) is 7.38. The van der Waals surface area contributed by atoms with Gasteiger partial charge in [0.15, 0.2) is 5.78 Å². The first-order valence-corrected chi connectivity index (χ1v) is 5.31. The molecule has 3 aliphatic carbocycles. The summed E-state index contributed by atoms with van der Waals surface area (Å²) in [6.45, 7) is 0. The van der Waals surface area contributed by atoms with Crippen molar-refractivity contribution in [3.05, 3.63) is 0 Å². The van der Waals surface area contributed by atoms with Crippen LogP contribution in [0.2, 0.25) is 0 Å². The van der Waals surface area contributed by atoms with Gasteiger partial charge in [-0.2, -0.15) is 5.26 Å². The van der Waals surface area contributed by atoms with Crippen LogP contribution >= 0.6 is 11.8 Å². The van der Waals surface area contributed by atoms with Crippen molar-refractivity contribution in [3.63, 3.8) is 0 Å². The monoisotopic (exact) mass is 196 g/mol. The zero-order chi connectivity index (χ0) is 9.53. The van der Waals surface area contributed by atoms with Crippen molar-refractivity contribution in [2.75, 3.05) is 0 Å². The third-order valence-corrected chi connectivity index (χ3v) is 4.43. The van der Waals surface area contributed by atoms with Gasteiger partial charge in [-0.1, -0.05) is 0 Å². The SMILES string of the molecule is N#CSC12CCC(N)(CC1)CC2=O. The van der Waals surface area contributed by atoms with Gasteiger partial charge in [-0.05, 0) is 37.4 Å². The highest BCUT2D eigenvalue weighted by Crippen LogP contribution is 2.50. The first-order chi connectivity index (χ1) is 6.10. The Kier molecular flexibility index (Phi) is 1.90. The topological polar surface area (TPSA) is 66.9 Å². The molecule has 13 heavy (non-hydrogen) atoms. The average molecular weight is 196 g/mol. The van der Waals surface area contributed by atoms with Crippen LogP contribution in [0.15, 0.2) is 0 Å². The van der Waals surface area contributed by atoms with E-state index in [1.807, 2.05) is 0 Å². The molecule has 3 nitrogen and oxygen atoms in total. The Labute approximate surface area is 81.7 Å². The summed E-state index contributed by atoms with van der Waals surface area (Å²) < 4.78 is -0.393. The summed E-state index contributed by atoms with van der Waals surface area (Å²) in [6.07, 6.45) is 3.85. The molecular formula is C9H12N2OS. The molecule has 70 valence electrons. The number of carbonyl (C=O) groups is 1. The number of hydrogen-bond donors (Lipinski definition) is 1. The summed E-state index contributed by atoms with van der Waals surface area (Å²) >= 11 is 1.14. The molecule has 0 aromatic carbocycles. The Hall–Kier alpha value is -0.530. The Balaban J connectivity index is 2.25. The third kappa shape index (κ3) is 1.27. The van der Waals surface area contributed by atoms with Gasteiger partial charge in [0, 0.05) is 12.0 Å². The molecule has 3 saturated carbocycles. The molecule has 0 saturated heterocycles. The fourth-order valence-electron chi connectivity index (χ4n) is 2.33. The number of ketones is 1. The summed E-state index contributed by atoms with van der Waals surface area (Å²) in [4.78, 5) is 11.7. The molecule has 2 bridgehead atoms. The molecule has 3 fully saturated rings. The Bertz CT molecular complexity index is 286. The summed E-state index contributed by atoms with van der Waals surface area (Å²) in [5, 5.41) is 10.7. The molecule has 2 N–H and O–H groups in total. The number of Topliss-reactive ketones (excluding diaryl/α,β-unsaturated/α-hetero) is 1. The van der Waals surface area contributed by atoms with Crippen molar-refractivity contribution >= 4 is 17.5 Å². The minimum Gasteiger partial charge on any atom is -0.325 e. The molecule has 0 aromatic rings. The first-order valence-electron chi connectivity index (χ1n) is 4.50. The first kappa shape index (κ1) is 9.04. The third-order valence-electron chi connectivity index (χ3n) is 3.32. The predicted molar refractivity (Wildman–Crippen MR) is 50.9 cm³/mol. The maximum absolute atomic E-state index is 11.7. The predicted octanol–water partition coefficient (Wildman–Crippen LogP) is 1.18. The van der Waals surface area contributed by atoms with Gasteiger partial charge in [0.1, 0.15) is 5.40 Å². The van der Waals surface area contributed by atoms with Crippen molar-refractivity contribution in [2.45, 2.75) is 42.4 Å². The number of rotatable bonds is 1. The van der Waals surface area contributed by atoms with Crippen LogP contribution in [0.4, 0.5) is 0 Å². The van der Waals surface area contributed by atoms with Crippen molar-refractivity contribution < 1.29 is 4.79 Å². The van der Waals surface area contributed by atoms with E-state index in [1.165, 1.54) is 0 Å². The van der Waals surface area contributed by atoms with Gasteiger partial charge in [-0.25, -0.2) is 0 Å². The van der Waals surface area contributed by atoms with Crippen LogP contribution in [-0.4, -0.2) is 16.1 Å².